The predicted molar refractivity (Wildman–Crippen MR) is 79.5 cm³/mol. The molecule has 0 fully saturated rings. The lowest BCUT2D eigenvalue weighted by Crippen LogP contribution is -2.47. The number of aliphatic hydroxyl groups excluding tert-OH is 1. The summed E-state index contributed by atoms with van der Waals surface area (Å²) in [4.78, 5) is 29.4. The Balaban J connectivity index is 2.54. The number of aliphatic hydroxyl groups is 1. The Bertz CT molecular complexity index is 447. The number of pyridine rings is 1. The van der Waals surface area contributed by atoms with Crippen LogP contribution in [0.3, 0.4) is 0 Å². The summed E-state index contributed by atoms with van der Waals surface area (Å²) in [6.45, 7) is 4.45. The average Bonchev–Trinajstić information content (AvgIpc) is 2.53. The van der Waals surface area contributed by atoms with E-state index in [1.807, 2.05) is 26.0 Å². The Morgan fingerprint density at radius 1 is 1.33 bits per heavy atom. The van der Waals surface area contributed by atoms with Gasteiger partial charge >= 0.3 is 11.8 Å². The lowest BCUT2D eigenvalue weighted by atomic mass is 10.2. The monoisotopic (exact) mass is 293 g/mol. The van der Waals surface area contributed by atoms with E-state index < -0.39 is 11.8 Å². The van der Waals surface area contributed by atoms with E-state index in [0.29, 0.717) is 25.9 Å². The molecule has 0 aromatic carbocycles. The lowest BCUT2D eigenvalue weighted by Gasteiger charge is -2.22. The number of carbonyl (C=O) groups is 2. The highest BCUT2D eigenvalue weighted by Crippen LogP contribution is 2.01. The quantitative estimate of drug-likeness (QED) is 0.711. The second-order valence-electron chi connectivity index (χ2n) is 4.75. The van der Waals surface area contributed by atoms with Crippen LogP contribution in [0.5, 0.6) is 0 Å². The van der Waals surface area contributed by atoms with Crippen LogP contribution in [0, 0.1) is 0 Å². The normalized spacial score (nSPS) is 11.8. The van der Waals surface area contributed by atoms with E-state index in [1.54, 1.807) is 12.4 Å². The summed E-state index contributed by atoms with van der Waals surface area (Å²) < 4.78 is 0. The molecule has 0 radical (unpaired) electrons. The van der Waals surface area contributed by atoms with E-state index in [9.17, 15) is 9.59 Å². The summed E-state index contributed by atoms with van der Waals surface area (Å²) in [7, 11) is 0. The fourth-order valence-corrected chi connectivity index (χ4v) is 1.88. The van der Waals surface area contributed by atoms with Gasteiger partial charge in [0.1, 0.15) is 0 Å². The smallest absolute Gasteiger partial charge is 0.311 e. The maximum atomic E-state index is 12.1. The molecule has 6 nitrogen and oxygen atoms in total. The van der Waals surface area contributed by atoms with Crippen molar-refractivity contribution in [2.75, 3.05) is 19.7 Å². The average molecular weight is 293 g/mol. The zero-order valence-electron chi connectivity index (χ0n) is 12.6. The molecule has 6 heteroatoms. The van der Waals surface area contributed by atoms with E-state index in [4.69, 9.17) is 5.11 Å². The third-order valence-electron chi connectivity index (χ3n) is 3.33. The Labute approximate surface area is 125 Å². The summed E-state index contributed by atoms with van der Waals surface area (Å²) in [6, 6.07) is 3.40. The molecule has 2 amide bonds. The van der Waals surface area contributed by atoms with E-state index in [0.717, 1.165) is 5.56 Å². The van der Waals surface area contributed by atoms with Crippen LogP contribution in [0.1, 0.15) is 25.8 Å². The maximum Gasteiger partial charge on any atom is 0.311 e. The molecule has 0 bridgehead atoms. The van der Waals surface area contributed by atoms with Gasteiger partial charge in [0, 0.05) is 25.5 Å². The number of hydrogen-bond acceptors (Lipinski definition) is 4. The second-order valence-corrected chi connectivity index (χ2v) is 4.75. The highest BCUT2D eigenvalue weighted by Gasteiger charge is 2.22. The van der Waals surface area contributed by atoms with Gasteiger partial charge in [0.05, 0.1) is 12.6 Å². The summed E-state index contributed by atoms with van der Waals surface area (Å²) in [5.74, 6) is -1.22. The summed E-state index contributed by atoms with van der Waals surface area (Å²) in [5.41, 5.74) is 1.07. The van der Waals surface area contributed by atoms with E-state index in [1.165, 1.54) is 4.90 Å². The van der Waals surface area contributed by atoms with E-state index in [-0.39, 0.29) is 12.6 Å². The van der Waals surface area contributed by atoms with Crippen LogP contribution in [0.2, 0.25) is 0 Å². The first kappa shape index (κ1) is 17.1. The minimum atomic E-state index is -0.660. The highest BCUT2D eigenvalue weighted by atomic mass is 16.3. The number of nitrogens with zero attached hydrogens (tertiary/aromatic N) is 2. The van der Waals surface area contributed by atoms with Gasteiger partial charge in [0.25, 0.3) is 0 Å². The van der Waals surface area contributed by atoms with Crippen molar-refractivity contribution < 1.29 is 14.7 Å². The van der Waals surface area contributed by atoms with Gasteiger partial charge < -0.3 is 15.3 Å². The fraction of sp³-hybridized carbons (Fsp3) is 0.533. The first-order valence-electron chi connectivity index (χ1n) is 7.21. The van der Waals surface area contributed by atoms with Gasteiger partial charge in [-0.3, -0.25) is 14.6 Å². The fourth-order valence-electron chi connectivity index (χ4n) is 1.88. The van der Waals surface area contributed by atoms with Crippen molar-refractivity contribution in [3.8, 4) is 0 Å². The molecule has 1 aromatic rings. The van der Waals surface area contributed by atoms with Gasteiger partial charge in [-0.15, -0.1) is 0 Å². The maximum absolute atomic E-state index is 12.1. The summed E-state index contributed by atoms with van der Waals surface area (Å²) >= 11 is 0. The molecule has 2 N–H and O–H groups in total. The number of hydrogen-bond donors (Lipinski definition) is 2. The molecule has 1 rings (SSSR count). The number of likely N-dealkylation sites (N-methyl/N-ethyl adjacent to an activating group) is 1. The number of aromatic nitrogens is 1. The van der Waals surface area contributed by atoms with Crippen LogP contribution in [0.4, 0.5) is 0 Å². The number of amides is 2. The van der Waals surface area contributed by atoms with Crippen molar-refractivity contribution in [2.24, 2.45) is 0 Å². The van der Waals surface area contributed by atoms with Crippen molar-refractivity contribution in [2.45, 2.75) is 32.7 Å². The van der Waals surface area contributed by atoms with Gasteiger partial charge in [-0.05, 0) is 37.5 Å². The molecule has 0 aliphatic carbocycles. The third kappa shape index (κ3) is 5.51. The van der Waals surface area contributed by atoms with Crippen LogP contribution in [0.15, 0.2) is 24.5 Å². The Kier molecular flexibility index (Phi) is 7.39. The molecule has 1 aromatic heterocycles. The third-order valence-corrected chi connectivity index (χ3v) is 3.33. The van der Waals surface area contributed by atoms with Crippen LogP contribution in [-0.4, -0.2) is 52.5 Å². The second kappa shape index (κ2) is 9.07. The Morgan fingerprint density at radius 3 is 2.52 bits per heavy atom. The number of nitrogens with one attached hydrogen (secondary N) is 1. The molecule has 21 heavy (non-hydrogen) atoms. The Morgan fingerprint density at radius 2 is 2.00 bits per heavy atom. The molecule has 116 valence electrons. The highest BCUT2D eigenvalue weighted by molar-refractivity contribution is 6.35. The molecular weight excluding hydrogens is 270 g/mol. The van der Waals surface area contributed by atoms with Crippen molar-refractivity contribution >= 4 is 11.8 Å². The molecular formula is C15H23N3O3. The largest absolute Gasteiger partial charge is 0.394 e. The van der Waals surface area contributed by atoms with Gasteiger partial charge in [-0.1, -0.05) is 6.92 Å². The first-order chi connectivity index (χ1) is 10.1. The number of rotatable bonds is 7. The van der Waals surface area contributed by atoms with Gasteiger partial charge in [0.2, 0.25) is 0 Å². The predicted octanol–water partition coefficient (Wildman–Crippen LogP) is 0.360. The van der Waals surface area contributed by atoms with Gasteiger partial charge in [0.15, 0.2) is 0 Å². The van der Waals surface area contributed by atoms with E-state index in [2.05, 4.69) is 10.3 Å². The summed E-state index contributed by atoms with van der Waals surface area (Å²) in [6.07, 6.45) is 4.66. The van der Waals surface area contributed by atoms with Crippen molar-refractivity contribution in [1.29, 1.82) is 0 Å². The minimum Gasteiger partial charge on any atom is -0.394 e. The summed E-state index contributed by atoms with van der Waals surface area (Å²) in [5, 5.41) is 11.6. The van der Waals surface area contributed by atoms with Crippen LogP contribution in [0.25, 0.3) is 0 Å². The lowest BCUT2D eigenvalue weighted by molar-refractivity contribution is -0.146. The van der Waals surface area contributed by atoms with Crippen LogP contribution in [-0.2, 0) is 16.0 Å². The molecule has 0 aliphatic rings. The first-order valence-corrected chi connectivity index (χ1v) is 7.21. The van der Waals surface area contributed by atoms with Crippen molar-refractivity contribution in [1.82, 2.24) is 15.2 Å². The minimum absolute atomic E-state index is 0.168. The Hall–Kier alpha value is -1.95. The topological polar surface area (TPSA) is 82.5 Å². The SMILES string of the molecule is CCC(CO)NC(=O)C(=O)N(CC)CCc1ccncc1. The van der Waals surface area contributed by atoms with Gasteiger partial charge in [-0.2, -0.15) is 0 Å². The molecule has 1 heterocycles. The zero-order chi connectivity index (χ0) is 15.7. The molecule has 0 saturated carbocycles. The standard InChI is InChI=1S/C15H23N3O3/c1-3-13(11-19)17-14(20)15(21)18(4-2)10-7-12-5-8-16-9-6-12/h5-6,8-9,13,19H,3-4,7,10-11H2,1-2H3,(H,17,20). The van der Waals surface area contributed by atoms with Crippen LogP contribution >= 0.6 is 0 Å². The molecule has 0 aliphatic heterocycles. The molecule has 0 saturated heterocycles. The molecule has 0 spiro atoms. The molecule has 1 atom stereocenters. The van der Waals surface area contributed by atoms with Crippen molar-refractivity contribution in [3.05, 3.63) is 30.1 Å². The zero-order valence-corrected chi connectivity index (χ0v) is 12.6. The van der Waals surface area contributed by atoms with E-state index >= 15 is 0 Å². The molecule has 1 unspecified atom stereocenters. The van der Waals surface area contributed by atoms with Crippen molar-refractivity contribution in [3.63, 3.8) is 0 Å². The van der Waals surface area contributed by atoms with Gasteiger partial charge in [-0.25, -0.2) is 0 Å². The number of carbonyl (C=O) groups excluding carboxylic acids is 2. The van der Waals surface area contributed by atoms with Crippen LogP contribution < -0.4 is 5.32 Å².